The number of hydrogen-bond donors (Lipinski definition) is 1. The first-order valence-corrected chi connectivity index (χ1v) is 10.8. The Morgan fingerprint density at radius 1 is 1.09 bits per heavy atom. The molecular weight excluding hydrogens is 447 g/mol. The number of carbonyl (C=O) groups excluding carboxylic acids is 1. The predicted octanol–water partition coefficient (Wildman–Crippen LogP) is 3.84. The van der Waals surface area contributed by atoms with Crippen molar-refractivity contribution in [2.24, 2.45) is 5.92 Å². The van der Waals surface area contributed by atoms with Crippen LogP contribution in [0.1, 0.15) is 18.4 Å². The molecule has 0 aromatic carbocycles. The number of amides is 1. The van der Waals surface area contributed by atoms with Crippen molar-refractivity contribution >= 4 is 34.8 Å². The minimum Gasteiger partial charge on any atom is -0.378 e. The maximum atomic E-state index is 12.9. The number of aromatic nitrogens is 2. The van der Waals surface area contributed by atoms with Crippen LogP contribution in [-0.4, -0.2) is 55.3 Å². The summed E-state index contributed by atoms with van der Waals surface area (Å²) in [5, 5.41) is 2.95. The van der Waals surface area contributed by atoms with Gasteiger partial charge in [0.15, 0.2) is 5.82 Å². The summed E-state index contributed by atoms with van der Waals surface area (Å²) in [6.45, 7) is 3.59. The Labute approximate surface area is 188 Å². The smallest absolute Gasteiger partial charge is 0.378 e. The van der Waals surface area contributed by atoms with Crippen molar-refractivity contribution < 1.29 is 22.7 Å². The molecular formula is C21H23ClF3N5O2. The summed E-state index contributed by atoms with van der Waals surface area (Å²) < 4.78 is 43.9. The summed E-state index contributed by atoms with van der Waals surface area (Å²) in [5.74, 6) is 0.707. The normalized spacial score (nSPS) is 18.0. The lowest BCUT2D eigenvalue weighted by atomic mass is 9.95. The number of carbonyl (C=O) groups is 1. The van der Waals surface area contributed by atoms with Gasteiger partial charge in [-0.25, -0.2) is 9.97 Å². The number of anilines is 3. The summed E-state index contributed by atoms with van der Waals surface area (Å²) in [7, 11) is 0. The summed E-state index contributed by atoms with van der Waals surface area (Å²) >= 11 is 6.06. The van der Waals surface area contributed by atoms with Gasteiger partial charge in [0, 0.05) is 44.5 Å². The molecule has 4 heterocycles. The van der Waals surface area contributed by atoms with E-state index in [-0.39, 0.29) is 16.8 Å². The average molecular weight is 470 g/mol. The minimum atomic E-state index is -4.49. The fourth-order valence-electron chi connectivity index (χ4n) is 3.93. The molecule has 0 saturated carbocycles. The molecule has 2 aliphatic rings. The first-order chi connectivity index (χ1) is 15.3. The lowest BCUT2D eigenvalue weighted by Crippen LogP contribution is -2.39. The van der Waals surface area contributed by atoms with Gasteiger partial charge in [0.25, 0.3) is 0 Å². The fraction of sp³-hybridized carbons (Fsp3) is 0.476. The average Bonchev–Trinajstić information content (AvgIpc) is 2.79. The summed E-state index contributed by atoms with van der Waals surface area (Å²) in [4.78, 5) is 25.1. The van der Waals surface area contributed by atoms with E-state index < -0.39 is 11.7 Å². The molecule has 1 amide bonds. The van der Waals surface area contributed by atoms with E-state index in [1.807, 2.05) is 11.0 Å². The molecule has 0 atom stereocenters. The number of hydrogen-bond acceptors (Lipinski definition) is 6. The third-order valence-electron chi connectivity index (χ3n) is 5.67. The fourth-order valence-corrected chi connectivity index (χ4v) is 4.21. The molecule has 0 unspecified atom stereocenters. The van der Waals surface area contributed by atoms with E-state index in [0.717, 1.165) is 18.1 Å². The second kappa shape index (κ2) is 9.50. The standard InChI is InChI=1S/C21H23ClF3N5O2/c22-16-12-15(21(23,24)25)13-27-18(16)29-6-3-14(4-7-29)20(31)28-17-2-1-5-26-19(17)30-8-10-32-11-9-30/h1-2,5,12-14H,3-4,6-11H2,(H,28,31). The van der Waals surface area contributed by atoms with Gasteiger partial charge in [-0.3, -0.25) is 4.79 Å². The Morgan fingerprint density at radius 2 is 1.78 bits per heavy atom. The molecule has 2 aromatic heterocycles. The monoisotopic (exact) mass is 469 g/mol. The van der Waals surface area contributed by atoms with Crippen LogP contribution in [0.15, 0.2) is 30.6 Å². The number of nitrogens with one attached hydrogen (secondary N) is 1. The second-order valence-corrected chi connectivity index (χ2v) is 8.16. The first kappa shape index (κ1) is 22.6. The highest BCUT2D eigenvalue weighted by molar-refractivity contribution is 6.33. The Morgan fingerprint density at radius 3 is 2.44 bits per heavy atom. The van der Waals surface area contributed by atoms with Crippen LogP contribution in [0.5, 0.6) is 0 Å². The van der Waals surface area contributed by atoms with Crippen LogP contribution in [0.4, 0.5) is 30.5 Å². The van der Waals surface area contributed by atoms with Crippen LogP contribution in [0.2, 0.25) is 5.02 Å². The number of pyridine rings is 2. The van der Waals surface area contributed by atoms with E-state index in [4.69, 9.17) is 16.3 Å². The molecule has 2 saturated heterocycles. The Hall–Kier alpha value is -2.59. The predicted molar refractivity (Wildman–Crippen MR) is 115 cm³/mol. The highest BCUT2D eigenvalue weighted by Crippen LogP contribution is 2.35. The molecule has 2 aliphatic heterocycles. The van der Waals surface area contributed by atoms with Crippen molar-refractivity contribution in [2.75, 3.05) is 54.5 Å². The molecule has 4 rings (SSSR count). The molecule has 11 heteroatoms. The zero-order valence-electron chi connectivity index (χ0n) is 17.2. The number of ether oxygens (including phenoxy) is 1. The Kier molecular flexibility index (Phi) is 6.71. The van der Waals surface area contributed by atoms with Crippen molar-refractivity contribution in [3.8, 4) is 0 Å². The van der Waals surface area contributed by atoms with Gasteiger partial charge in [-0.1, -0.05) is 11.6 Å². The number of alkyl halides is 3. The SMILES string of the molecule is O=C(Nc1cccnc1N1CCOCC1)C1CCN(c2ncc(C(F)(F)F)cc2Cl)CC1. The summed E-state index contributed by atoms with van der Waals surface area (Å²) in [6.07, 6.45) is -0.933. The molecule has 0 bridgehead atoms. The lowest BCUT2D eigenvalue weighted by molar-refractivity contribution is -0.137. The van der Waals surface area contributed by atoms with Gasteiger partial charge in [0.1, 0.15) is 5.82 Å². The van der Waals surface area contributed by atoms with Crippen LogP contribution < -0.4 is 15.1 Å². The number of piperidine rings is 1. The molecule has 0 radical (unpaired) electrons. The largest absolute Gasteiger partial charge is 0.417 e. The Balaban J connectivity index is 1.38. The molecule has 0 aliphatic carbocycles. The number of rotatable bonds is 4. The van der Waals surface area contributed by atoms with E-state index in [1.54, 1.807) is 12.3 Å². The number of morpholine rings is 1. The van der Waals surface area contributed by atoms with E-state index in [2.05, 4.69) is 20.2 Å². The quantitative estimate of drug-likeness (QED) is 0.733. The molecule has 2 aromatic rings. The van der Waals surface area contributed by atoms with Gasteiger partial charge in [-0.05, 0) is 31.0 Å². The maximum absolute atomic E-state index is 12.9. The van der Waals surface area contributed by atoms with Gasteiger partial charge in [0.05, 0.1) is 29.5 Å². The van der Waals surface area contributed by atoms with Gasteiger partial charge in [0.2, 0.25) is 5.91 Å². The van der Waals surface area contributed by atoms with Crippen molar-refractivity contribution in [1.29, 1.82) is 0 Å². The van der Waals surface area contributed by atoms with Gasteiger partial charge in [-0.15, -0.1) is 0 Å². The molecule has 7 nitrogen and oxygen atoms in total. The maximum Gasteiger partial charge on any atom is 0.417 e. The van der Waals surface area contributed by atoms with Crippen molar-refractivity contribution in [1.82, 2.24) is 9.97 Å². The molecule has 0 spiro atoms. The van der Waals surface area contributed by atoms with Crippen LogP contribution in [-0.2, 0) is 15.7 Å². The van der Waals surface area contributed by atoms with Gasteiger partial charge in [-0.2, -0.15) is 13.2 Å². The molecule has 32 heavy (non-hydrogen) atoms. The second-order valence-electron chi connectivity index (χ2n) is 7.75. The van der Waals surface area contributed by atoms with Gasteiger partial charge < -0.3 is 19.9 Å². The molecule has 172 valence electrons. The highest BCUT2D eigenvalue weighted by atomic mass is 35.5. The summed E-state index contributed by atoms with van der Waals surface area (Å²) in [5.41, 5.74) is -0.220. The Bertz CT molecular complexity index is 961. The van der Waals surface area contributed by atoms with Crippen LogP contribution in [0, 0.1) is 5.92 Å². The third kappa shape index (κ3) is 5.07. The number of nitrogens with zero attached hydrogens (tertiary/aromatic N) is 4. The van der Waals surface area contributed by atoms with E-state index >= 15 is 0 Å². The molecule has 2 fully saturated rings. The zero-order chi connectivity index (χ0) is 22.7. The van der Waals surface area contributed by atoms with Crippen LogP contribution >= 0.6 is 11.6 Å². The lowest BCUT2D eigenvalue weighted by Gasteiger charge is -2.33. The van der Waals surface area contributed by atoms with Crippen molar-refractivity contribution in [2.45, 2.75) is 19.0 Å². The van der Waals surface area contributed by atoms with Crippen molar-refractivity contribution in [3.63, 3.8) is 0 Å². The number of halogens is 4. The minimum absolute atomic E-state index is 0.0479. The first-order valence-electron chi connectivity index (χ1n) is 10.4. The van der Waals surface area contributed by atoms with E-state index in [1.165, 1.54) is 0 Å². The zero-order valence-corrected chi connectivity index (χ0v) is 18.0. The van der Waals surface area contributed by atoms with Gasteiger partial charge >= 0.3 is 6.18 Å². The van der Waals surface area contributed by atoms with Crippen LogP contribution in [0.3, 0.4) is 0 Å². The topological polar surface area (TPSA) is 70.6 Å². The van der Waals surface area contributed by atoms with E-state index in [0.29, 0.717) is 63.7 Å². The summed E-state index contributed by atoms with van der Waals surface area (Å²) in [6, 6.07) is 4.50. The third-order valence-corrected chi connectivity index (χ3v) is 5.95. The van der Waals surface area contributed by atoms with Crippen LogP contribution in [0.25, 0.3) is 0 Å². The van der Waals surface area contributed by atoms with E-state index in [9.17, 15) is 18.0 Å². The molecule has 1 N–H and O–H groups in total. The highest BCUT2D eigenvalue weighted by Gasteiger charge is 2.33. The van der Waals surface area contributed by atoms with Crippen molar-refractivity contribution in [3.05, 3.63) is 41.2 Å².